The third kappa shape index (κ3) is 5.70. The molecule has 1 N–H and O–H groups in total. The molecule has 1 aliphatic heterocycles. The molecule has 0 bridgehead atoms. The Kier molecular flexibility index (Phi) is 9.51. The summed E-state index contributed by atoms with van der Waals surface area (Å²) in [5, 5.41) is 9.60. The van der Waals surface area contributed by atoms with Gasteiger partial charge in [-0.2, -0.15) is 0 Å². The molecule has 0 aromatic carbocycles. The maximum Gasteiger partial charge on any atom is 0.309 e. The molecule has 6 nitrogen and oxygen atoms in total. The molecule has 0 amide bonds. The van der Waals surface area contributed by atoms with Crippen molar-refractivity contribution < 1.29 is 23.6 Å². The van der Waals surface area contributed by atoms with Crippen molar-refractivity contribution in [3.63, 3.8) is 0 Å². The first kappa shape index (κ1) is 36.6. The Balaban J connectivity index is 1.23. The van der Waals surface area contributed by atoms with Crippen molar-refractivity contribution in [3.8, 4) is 0 Å². The maximum atomic E-state index is 13.1. The van der Waals surface area contributed by atoms with Crippen LogP contribution in [-0.2, 0) is 25.1 Å². The van der Waals surface area contributed by atoms with Crippen molar-refractivity contribution in [2.75, 3.05) is 31.1 Å². The summed E-state index contributed by atoms with van der Waals surface area (Å²) in [7, 11) is -0.625. The third-order valence-corrected chi connectivity index (χ3v) is 18.1. The molecule has 1 saturated heterocycles. The molecular formula is C41H67NO5S. The highest BCUT2D eigenvalue weighted by molar-refractivity contribution is 7.85. The minimum atomic E-state index is -1.12. The number of esters is 1. The standard InChI is InChI=1S/C41H67NO5S/c1-27(2)28-12-17-41(20-21-42-22-24-48(46)25-23-42)19-18-39(8)29(34(28)41)10-11-31-38(7)15-14-32(47-33(43)26-36(3,4)35(44)45)37(5,6)30(38)13-16-40(31,39)9/h28-32,34H,1,10-26H2,2-9H3,(H,44,45)/t28-,29+,30-,31+,32-,34+,38-,39+,40+,41+/m0/s1. The molecule has 5 saturated carbocycles. The lowest BCUT2D eigenvalue weighted by atomic mass is 9.32. The number of ether oxygens (including phenoxy) is 1. The van der Waals surface area contributed by atoms with Crippen LogP contribution in [0.1, 0.15) is 132 Å². The van der Waals surface area contributed by atoms with Gasteiger partial charge in [0.15, 0.2) is 0 Å². The molecule has 7 heteroatoms. The number of hydrogen-bond acceptors (Lipinski definition) is 5. The van der Waals surface area contributed by atoms with Crippen LogP contribution in [0.25, 0.3) is 0 Å². The van der Waals surface area contributed by atoms with E-state index in [1.165, 1.54) is 63.4 Å². The van der Waals surface area contributed by atoms with Gasteiger partial charge in [0.05, 0.1) is 11.8 Å². The number of fused-ring (bicyclic) bond motifs is 7. The van der Waals surface area contributed by atoms with Crippen molar-refractivity contribution in [1.82, 2.24) is 4.90 Å². The van der Waals surface area contributed by atoms with E-state index >= 15 is 0 Å². The molecule has 0 spiro atoms. The van der Waals surface area contributed by atoms with Gasteiger partial charge >= 0.3 is 11.9 Å². The maximum absolute atomic E-state index is 13.1. The van der Waals surface area contributed by atoms with Crippen LogP contribution >= 0.6 is 0 Å². The van der Waals surface area contributed by atoms with Gasteiger partial charge in [-0.05, 0) is 149 Å². The summed E-state index contributed by atoms with van der Waals surface area (Å²) in [6, 6.07) is 0. The van der Waals surface area contributed by atoms with Crippen LogP contribution in [-0.4, -0.2) is 63.4 Å². The fraction of sp³-hybridized carbons (Fsp3) is 0.902. The largest absolute Gasteiger partial charge is 0.481 e. The Morgan fingerprint density at radius 3 is 2.23 bits per heavy atom. The lowest BCUT2D eigenvalue weighted by Gasteiger charge is -2.73. The highest BCUT2D eigenvalue weighted by atomic mass is 32.2. The first-order valence-electron chi connectivity index (χ1n) is 19.5. The van der Waals surface area contributed by atoms with Gasteiger partial charge in [-0.15, -0.1) is 0 Å². The van der Waals surface area contributed by atoms with Gasteiger partial charge in [-0.3, -0.25) is 13.8 Å². The van der Waals surface area contributed by atoms with E-state index in [0.717, 1.165) is 55.8 Å². The summed E-state index contributed by atoms with van der Waals surface area (Å²) in [5.41, 5.74) is 1.30. The molecule has 5 aliphatic carbocycles. The molecule has 6 aliphatic rings. The van der Waals surface area contributed by atoms with Crippen molar-refractivity contribution in [2.45, 2.75) is 139 Å². The summed E-state index contributed by atoms with van der Waals surface area (Å²) < 4.78 is 18.2. The lowest BCUT2D eigenvalue weighted by molar-refractivity contribution is -0.250. The van der Waals surface area contributed by atoms with Crippen LogP contribution in [0.4, 0.5) is 0 Å². The average molecular weight is 686 g/mol. The predicted molar refractivity (Wildman–Crippen MR) is 194 cm³/mol. The fourth-order valence-corrected chi connectivity index (χ4v) is 14.9. The Morgan fingerprint density at radius 1 is 0.896 bits per heavy atom. The van der Waals surface area contributed by atoms with Crippen molar-refractivity contribution >= 4 is 22.7 Å². The predicted octanol–water partition coefficient (Wildman–Crippen LogP) is 8.51. The van der Waals surface area contributed by atoms with Gasteiger partial charge in [0.2, 0.25) is 0 Å². The molecular weight excluding hydrogens is 619 g/mol. The Bertz CT molecular complexity index is 1320. The second-order valence-electron chi connectivity index (χ2n) is 19.7. The van der Waals surface area contributed by atoms with E-state index < -0.39 is 22.2 Å². The van der Waals surface area contributed by atoms with Crippen molar-refractivity contribution in [1.29, 1.82) is 0 Å². The fourth-order valence-electron chi connectivity index (χ4n) is 13.8. The number of hydrogen-bond donors (Lipinski definition) is 1. The van der Waals surface area contributed by atoms with Crippen LogP contribution in [0.5, 0.6) is 0 Å². The van der Waals surface area contributed by atoms with E-state index in [0.29, 0.717) is 28.6 Å². The van der Waals surface area contributed by atoms with E-state index in [-0.39, 0.29) is 34.7 Å². The highest BCUT2D eigenvalue weighted by Crippen LogP contribution is 2.78. The number of carboxylic acids is 1. The van der Waals surface area contributed by atoms with Crippen LogP contribution in [0.15, 0.2) is 12.2 Å². The number of carbonyl (C=O) groups excluding carboxylic acids is 1. The zero-order valence-corrected chi connectivity index (χ0v) is 32.4. The molecule has 0 radical (unpaired) electrons. The van der Waals surface area contributed by atoms with Crippen molar-refractivity contribution in [2.24, 2.45) is 62.1 Å². The molecule has 48 heavy (non-hydrogen) atoms. The number of aliphatic carboxylic acids is 1. The second-order valence-corrected chi connectivity index (χ2v) is 21.4. The number of rotatable bonds is 8. The van der Waals surface area contributed by atoms with Gasteiger partial charge in [-0.1, -0.05) is 46.8 Å². The minimum absolute atomic E-state index is 0.0932. The summed E-state index contributed by atoms with van der Waals surface area (Å²) in [5.74, 6) is 3.55. The summed E-state index contributed by atoms with van der Waals surface area (Å²) in [4.78, 5) is 27.4. The monoisotopic (exact) mass is 685 g/mol. The van der Waals surface area contributed by atoms with Crippen LogP contribution in [0.3, 0.4) is 0 Å². The molecule has 0 aromatic rings. The van der Waals surface area contributed by atoms with E-state index in [1.54, 1.807) is 13.8 Å². The normalized spacial score (nSPS) is 44.5. The number of carbonyl (C=O) groups is 2. The average Bonchev–Trinajstić information content (AvgIpc) is 3.39. The molecule has 0 unspecified atom stereocenters. The minimum Gasteiger partial charge on any atom is -0.481 e. The summed E-state index contributed by atoms with van der Waals surface area (Å²) in [6.07, 6.45) is 13.3. The van der Waals surface area contributed by atoms with Gasteiger partial charge in [0.25, 0.3) is 0 Å². The Labute approximate surface area is 294 Å². The first-order chi connectivity index (χ1) is 22.3. The number of allylic oxidation sites excluding steroid dienone is 1. The molecule has 6 fully saturated rings. The highest BCUT2D eigenvalue weighted by Gasteiger charge is 2.71. The second kappa shape index (κ2) is 12.5. The molecule has 0 aromatic heterocycles. The molecule has 272 valence electrons. The molecule has 6 rings (SSSR count). The molecule has 10 atom stereocenters. The quantitative estimate of drug-likeness (QED) is 0.204. The van der Waals surface area contributed by atoms with E-state index in [2.05, 4.69) is 53.0 Å². The zero-order chi connectivity index (χ0) is 35.1. The topological polar surface area (TPSA) is 83.9 Å². The Morgan fingerprint density at radius 2 is 1.58 bits per heavy atom. The zero-order valence-electron chi connectivity index (χ0n) is 31.6. The third-order valence-electron chi connectivity index (χ3n) is 16.8. The van der Waals surface area contributed by atoms with Crippen molar-refractivity contribution in [3.05, 3.63) is 12.2 Å². The van der Waals surface area contributed by atoms with Crippen LogP contribution in [0.2, 0.25) is 0 Å². The van der Waals surface area contributed by atoms with Gasteiger partial charge in [-0.25, -0.2) is 0 Å². The first-order valence-corrected chi connectivity index (χ1v) is 21.0. The summed E-state index contributed by atoms with van der Waals surface area (Å²) in [6.45, 7) is 26.0. The van der Waals surface area contributed by atoms with Gasteiger partial charge < -0.3 is 14.7 Å². The van der Waals surface area contributed by atoms with E-state index in [9.17, 15) is 18.9 Å². The summed E-state index contributed by atoms with van der Waals surface area (Å²) >= 11 is 0. The SMILES string of the molecule is C=C(C)[C@@H]1CC[C@]2(CCN3CCS(=O)CC3)CC[C@]3(C)[C@H](CC[C@@H]4[C@@]5(C)CC[C@H](OC(=O)CC(C)(C)C(=O)O)C(C)(C)[C@@H]5CC[C@]43C)[C@@H]12. The Hall–Kier alpha value is -1.21. The smallest absolute Gasteiger partial charge is 0.309 e. The van der Waals surface area contributed by atoms with Crippen LogP contribution < -0.4 is 0 Å². The van der Waals surface area contributed by atoms with E-state index in [1.807, 2.05) is 0 Å². The molecule has 1 heterocycles. The van der Waals surface area contributed by atoms with Crippen LogP contribution in [0, 0.1) is 62.1 Å². The number of nitrogens with zero attached hydrogens (tertiary/aromatic N) is 1. The van der Waals surface area contributed by atoms with E-state index in [4.69, 9.17) is 4.74 Å². The lowest BCUT2D eigenvalue weighted by Crippen LogP contribution is -2.66. The van der Waals surface area contributed by atoms with Gasteiger partial charge in [0, 0.05) is 40.8 Å². The van der Waals surface area contributed by atoms with Gasteiger partial charge in [0.1, 0.15) is 6.10 Å². The number of carboxylic acid groups (broad SMARTS) is 1.